The standard InChI is InChI=1S/C13H20N4O/c1-14-9-4-3-7-17(8-9)13(18)12-10-5-2-6-11(10)15-16-12/h9,14H,2-8H2,1H3,(H,15,16). The number of H-pyrrole nitrogens is 1. The number of fused-ring (bicyclic) bond motifs is 1. The number of aromatic nitrogens is 2. The summed E-state index contributed by atoms with van der Waals surface area (Å²) in [6.07, 6.45) is 5.40. The highest BCUT2D eigenvalue weighted by Crippen LogP contribution is 2.24. The van der Waals surface area contributed by atoms with Crippen LogP contribution in [0.5, 0.6) is 0 Å². The Kier molecular flexibility index (Phi) is 3.07. The summed E-state index contributed by atoms with van der Waals surface area (Å²) in [5, 5.41) is 10.5. The number of piperidine rings is 1. The molecule has 1 unspecified atom stereocenters. The first-order valence-corrected chi connectivity index (χ1v) is 6.82. The summed E-state index contributed by atoms with van der Waals surface area (Å²) >= 11 is 0. The van der Waals surface area contributed by atoms with E-state index in [4.69, 9.17) is 0 Å². The lowest BCUT2D eigenvalue weighted by Gasteiger charge is -2.32. The van der Waals surface area contributed by atoms with Crippen LogP contribution in [0.2, 0.25) is 0 Å². The molecule has 1 fully saturated rings. The molecule has 1 atom stereocenters. The summed E-state index contributed by atoms with van der Waals surface area (Å²) in [6, 6.07) is 0.426. The minimum absolute atomic E-state index is 0.106. The van der Waals surface area contributed by atoms with Crippen LogP contribution in [-0.4, -0.2) is 47.2 Å². The number of hydrogen-bond donors (Lipinski definition) is 2. The summed E-state index contributed by atoms with van der Waals surface area (Å²) < 4.78 is 0. The van der Waals surface area contributed by atoms with Gasteiger partial charge in [-0.05, 0) is 39.2 Å². The number of nitrogens with zero attached hydrogens (tertiary/aromatic N) is 2. The van der Waals surface area contributed by atoms with Gasteiger partial charge in [-0.25, -0.2) is 0 Å². The number of amides is 1. The average molecular weight is 248 g/mol. The molecule has 5 nitrogen and oxygen atoms in total. The predicted octanol–water partition coefficient (Wildman–Crippen LogP) is 0.722. The van der Waals surface area contributed by atoms with Crippen LogP contribution in [0.15, 0.2) is 0 Å². The van der Waals surface area contributed by atoms with Gasteiger partial charge in [0.05, 0.1) is 0 Å². The molecule has 98 valence electrons. The quantitative estimate of drug-likeness (QED) is 0.811. The SMILES string of the molecule is CNC1CCCN(C(=O)c2n[nH]c3c2CCC3)C1. The fourth-order valence-corrected chi connectivity index (χ4v) is 3.04. The van der Waals surface area contributed by atoms with Crippen LogP contribution in [0.1, 0.15) is 41.0 Å². The maximum Gasteiger partial charge on any atom is 0.274 e. The van der Waals surface area contributed by atoms with Crippen LogP contribution >= 0.6 is 0 Å². The molecule has 18 heavy (non-hydrogen) atoms. The number of carbonyl (C=O) groups is 1. The van der Waals surface area contributed by atoms with Crippen molar-refractivity contribution in [2.75, 3.05) is 20.1 Å². The summed E-state index contributed by atoms with van der Waals surface area (Å²) in [4.78, 5) is 14.4. The van der Waals surface area contributed by atoms with Gasteiger partial charge >= 0.3 is 0 Å². The minimum atomic E-state index is 0.106. The summed E-state index contributed by atoms with van der Waals surface area (Å²) in [5.41, 5.74) is 2.99. The van der Waals surface area contributed by atoms with Gasteiger partial charge in [-0.3, -0.25) is 9.89 Å². The second kappa shape index (κ2) is 4.72. The molecule has 0 saturated carbocycles. The van der Waals surface area contributed by atoms with Gasteiger partial charge in [-0.2, -0.15) is 5.10 Å². The number of aryl methyl sites for hydroxylation is 1. The summed E-state index contributed by atoms with van der Waals surface area (Å²) in [7, 11) is 1.96. The zero-order valence-electron chi connectivity index (χ0n) is 10.8. The van der Waals surface area contributed by atoms with Crippen molar-refractivity contribution in [1.29, 1.82) is 0 Å². The van der Waals surface area contributed by atoms with E-state index in [2.05, 4.69) is 15.5 Å². The molecule has 2 N–H and O–H groups in total. The minimum Gasteiger partial charge on any atom is -0.336 e. The highest BCUT2D eigenvalue weighted by Gasteiger charge is 2.29. The van der Waals surface area contributed by atoms with Gasteiger partial charge in [0.2, 0.25) is 0 Å². The molecule has 0 bridgehead atoms. The molecule has 1 aromatic heterocycles. The first-order chi connectivity index (χ1) is 8.79. The zero-order valence-corrected chi connectivity index (χ0v) is 10.8. The molecule has 2 heterocycles. The van der Waals surface area contributed by atoms with Crippen molar-refractivity contribution in [1.82, 2.24) is 20.4 Å². The molecule has 1 aromatic rings. The topological polar surface area (TPSA) is 61.0 Å². The smallest absolute Gasteiger partial charge is 0.274 e. The molecule has 1 amide bonds. The van der Waals surface area contributed by atoms with Crippen molar-refractivity contribution in [3.05, 3.63) is 17.0 Å². The van der Waals surface area contributed by atoms with Crippen LogP contribution in [0, 0.1) is 0 Å². The predicted molar refractivity (Wildman–Crippen MR) is 68.6 cm³/mol. The van der Waals surface area contributed by atoms with Crippen molar-refractivity contribution >= 4 is 5.91 Å². The third-order valence-electron chi connectivity index (χ3n) is 4.13. The lowest BCUT2D eigenvalue weighted by atomic mass is 10.0. The summed E-state index contributed by atoms with van der Waals surface area (Å²) in [6.45, 7) is 1.66. The number of aromatic amines is 1. The van der Waals surface area contributed by atoms with E-state index in [-0.39, 0.29) is 5.91 Å². The number of likely N-dealkylation sites (N-methyl/N-ethyl adjacent to an activating group) is 1. The van der Waals surface area contributed by atoms with Crippen molar-refractivity contribution in [3.8, 4) is 0 Å². The summed E-state index contributed by atoms with van der Waals surface area (Å²) in [5.74, 6) is 0.106. The maximum absolute atomic E-state index is 12.5. The Morgan fingerprint density at radius 3 is 3.17 bits per heavy atom. The van der Waals surface area contributed by atoms with E-state index in [0.717, 1.165) is 50.8 Å². The second-order valence-electron chi connectivity index (χ2n) is 5.26. The number of hydrogen-bond acceptors (Lipinski definition) is 3. The lowest BCUT2D eigenvalue weighted by molar-refractivity contribution is 0.0691. The molecule has 0 spiro atoms. The molecular weight excluding hydrogens is 228 g/mol. The van der Waals surface area contributed by atoms with Crippen molar-refractivity contribution < 1.29 is 4.79 Å². The van der Waals surface area contributed by atoms with Gasteiger partial charge in [0.15, 0.2) is 5.69 Å². The van der Waals surface area contributed by atoms with E-state index in [0.29, 0.717) is 11.7 Å². The highest BCUT2D eigenvalue weighted by molar-refractivity contribution is 5.94. The van der Waals surface area contributed by atoms with Crippen LogP contribution in [0.3, 0.4) is 0 Å². The molecule has 1 aliphatic heterocycles. The molecule has 0 aromatic carbocycles. The number of nitrogens with one attached hydrogen (secondary N) is 2. The van der Waals surface area contributed by atoms with Gasteiger partial charge in [0.25, 0.3) is 5.91 Å². The number of likely N-dealkylation sites (tertiary alicyclic amines) is 1. The van der Waals surface area contributed by atoms with E-state index >= 15 is 0 Å². The van der Waals surface area contributed by atoms with E-state index in [1.54, 1.807) is 0 Å². The van der Waals surface area contributed by atoms with Gasteiger partial charge in [-0.15, -0.1) is 0 Å². The van der Waals surface area contributed by atoms with Crippen LogP contribution in [0.4, 0.5) is 0 Å². The number of carbonyl (C=O) groups excluding carboxylic acids is 1. The van der Waals surface area contributed by atoms with Gasteiger partial charge in [-0.1, -0.05) is 0 Å². The van der Waals surface area contributed by atoms with E-state index < -0.39 is 0 Å². The maximum atomic E-state index is 12.5. The van der Waals surface area contributed by atoms with Gasteiger partial charge < -0.3 is 10.2 Å². The Labute approximate surface area is 107 Å². The van der Waals surface area contributed by atoms with Gasteiger partial charge in [0, 0.05) is 30.4 Å². The first-order valence-electron chi connectivity index (χ1n) is 6.82. The number of rotatable bonds is 2. The molecule has 3 rings (SSSR count). The third kappa shape index (κ3) is 1.92. The molecule has 1 saturated heterocycles. The Hall–Kier alpha value is -1.36. The van der Waals surface area contributed by atoms with Crippen LogP contribution in [-0.2, 0) is 12.8 Å². The Morgan fingerprint density at radius 2 is 2.33 bits per heavy atom. The molecule has 0 radical (unpaired) electrons. The molecule has 2 aliphatic rings. The average Bonchev–Trinajstić information content (AvgIpc) is 3.00. The van der Waals surface area contributed by atoms with Gasteiger partial charge in [0.1, 0.15) is 0 Å². The van der Waals surface area contributed by atoms with Crippen LogP contribution in [0.25, 0.3) is 0 Å². The first kappa shape index (κ1) is 11.7. The fourth-order valence-electron chi connectivity index (χ4n) is 3.04. The van der Waals surface area contributed by atoms with Crippen LogP contribution < -0.4 is 5.32 Å². The Morgan fingerprint density at radius 1 is 1.44 bits per heavy atom. The molecular formula is C13H20N4O. The Bertz CT molecular complexity index is 454. The second-order valence-corrected chi connectivity index (χ2v) is 5.26. The Balaban J connectivity index is 1.77. The zero-order chi connectivity index (χ0) is 12.5. The monoisotopic (exact) mass is 248 g/mol. The van der Waals surface area contributed by atoms with E-state index in [9.17, 15) is 4.79 Å². The largest absolute Gasteiger partial charge is 0.336 e. The molecule has 5 heteroatoms. The normalized spacial score (nSPS) is 23.2. The lowest BCUT2D eigenvalue weighted by Crippen LogP contribution is -2.47. The van der Waals surface area contributed by atoms with E-state index in [1.165, 1.54) is 5.69 Å². The molecule has 1 aliphatic carbocycles. The highest BCUT2D eigenvalue weighted by atomic mass is 16.2. The fraction of sp³-hybridized carbons (Fsp3) is 0.692. The van der Waals surface area contributed by atoms with Crippen molar-refractivity contribution in [2.45, 2.75) is 38.1 Å². The van der Waals surface area contributed by atoms with Crippen molar-refractivity contribution in [2.24, 2.45) is 0 Å². The third-order valence-corrected chi connectivity index (χ3v) is 4.13. The van der Waals surface area contributed by atoms with Crippen molar-refractivity contribution in [3.63, 3.8) is 0 Å². The van der Waals surface area contributed by atoms with E-state index in [1.807, 2.05) is 11.9 Å².